The fourth-order valence-corrected chi connectivity index (χ4v) is 4.57. The van der Waals surface area contributed by atoms with E-state index in [-0.39, 0.29) is 28.6 Å². The lowest BCUT2D eigenvalue weighted by atomic mass is 10.1. The third kappa shape index (κ3) is 5.28. The van der Waals surface area contributed by atoms with Gasteiger partial charge in [0.05, 0.1) is 26.7 Å². The number of likely N-dealkylation sites (N-methyl/N-ethyl adjacent to an activating group) is 1. The number of alkyl halides is 3. The standard InChI is InChI=1S/C24H16ClF3N2O4S/c1-2-30-21(31)20(35-23(30)29-15-5-3-4-14(10-15)22(32)33)12-16-7-9-19(34-16)13-6-8-18(25)17(11-13)24(26,27)28/h3-12H,2H2,1H3,(H,32,33)/b20-12-,29-23?. The van der Waals surface area contributed by atoms with Crippen molar-refractivity contribution >= 4 is 52.2 Å². The number of aromatic carboxylic acids is 1. The number of carboxylic acids is 1. The first kappa shape index (κ1) is 24.6. The number of benzene rings is 2. The molecule has 4 rings (SSSR count). The SMILES string of the molecule is CCN1C(=O)/C(=C/c2ccc(-c3ccc(Cl)c(C(F)(F)F)c3)o2)SC1=Nc1cccc(C(=O)O)c1. The molecule has 0 bridgehead atoms. The summed E-state index contributed by atoms with van der Waals surface area (Å²) in [6, 6.07) is 12.5. The van der Waals surface area contributed by atoms with E-state index in [2.05, 4.69) is 4.99 Å². The number of rotatable bonds is 5. The first-order valence-corrected chi connectivity index (χ1v) is 11.4. The Labute approximate surface area is 206 Å². The molecule has 1 N–H and O–H groups in total. The monoisotopic (exact) mass is 520 g/mol. The molecule has 1 aromatic heterocycles. The van der Waals surface area contributed by atoms with Crippen LogP contribution in [0.2, 0.25) is 5.02 Å². The normalized spacial score (nSPS) is 16.5. The number of halogens is 4. The summed E-state index contributed by atoms with van der Waals surface area (Å²) in [4.78, 5) is 30.2. The van der Waals surface area contributed by atoms with Gasteiger partial charge in [0.2, 0.25) is 0 Å². The molecule has 180 valence electrons. The van der Waals surface area contributed by atoms with Crippen molar-refractivity contribution in [3.8, 4) is 11.3 Å². The fourth-order valence-electron chi connectivity index (χ4n) is 3.30. The minimum absolute atomic E-state index is 0.0685. The van der Waals surface area contributed by atoms with Gasteiger partial charge in [-0.2, -0.15) is 13.2 Å². The second kappa shape index (κ2) is 9.63. The van der Waals surface area contributed by atoms with E-state index in [9.17, 15) is 22.8 Å². The zero-order valence-electron chi connectivity index (χ0n) is 18.0. The maximum absolute atomic E-state index is 13.2. The van der Waals surface area contributed by atoms with Crippen LogP contribution in [0.4, 0.5) is 18.9 Å². The molecule has 1 aliphatic rings. The number of nitrogens with zero attached hydrogens (tertiary/aromatic N) is 2. The van der Waals surface area contributed by atoms with Crippen LogP contribution >= 0.6 is 23.4 Å². The second-order valence-electron chi connectivity index (χ2n) is 7.30. The van der Waals surface area contributed by atoms with Crippen LogP contribution in [-0.4, -0.2) is 33.6 Å². The van der Waals surface area contributed by atoms with Crippen molar-refractivity contribution < 1.29 is 32.3 Å². The zero-order chi connectivity index (χ0) is 25.3. The number of amidine groups is 1. The number of furan rings is 1. The largest absolute Gasteiger partial charge is 0.478 e. The molecule has 0 spiro atoms. The van der Waals surface area contributed by atoms with Gasteiger partial charge < -0.3 is 9.52 Å². The van der Waals surface area contributed by atoms with Gasteiger partial charge in [-0.05, 0) is 67.2 Å². The van der Waals surface area contributed by atoms with Crippen molar-refractivity contribution in [3.63, 3.8) is 0 Å². The molecule has 0 aliphatic carbocycles. The third-order valence-corrected chi connectivity index (χ3v) is 6.31. The number of thioether (sulfide) groups is 1. The van der Waals surface area contributed by atoms with Crippen LogP contribution in [-0.2, 0) is 11.0 Å². The third-order valence-electron chi connectivity index (χ3n) is 4.98. The lowest BCUT2D eigenvalue weighted by Gasteiger charge is -2.12. The van der Waals surface area contributed by atoms with Crippen molar-refractivity contribution in [2.75, 3.05) is 6.54 Å². The maximum atomic E-state index is 13.2. The Morgan fingerprint density at radius 1 is 1.20 bits per heavy atom. The van der Waals surface area contributed by atoms with Crippen LogP contribution in [0.1, 0.15) is 28.6 Å². The molecule has 35 heavy (non-hydrogen) atoms. The predicted octanol–water partition coefficient (Wildman–Crippen LogP) is 6.94. The van der Waals surface area contributed by atoms with E-state index in [1.54, 1.807) is 25.1 Å². The van der Waals surface area contributed by atoms with Gasteiger partial charge >= 0.3 is 12.1 Å². The summed E-state index contributed by atoms with van der Waals surface area (Å²) in [6.07, 6.45) is -3.13. The molecule has 0 atom stereocenters. The quantitative estimate of drug-likeness (QED) is 0.368. The minimum atomic E-state index is -4.61. The Balaban J connectivity index is 1.62. The van der Waals surface area contributed by atoms with Crippen molar-refractivity contribution in [3.05, 3.63) is 81.4 Å². The average molecular weight is 521 g/mol. The summed E-state index contributed by atoms with van der Waals surface area (Å²) < 4.78 is 45.2. The Kier molecular flexibility index (Phi) is 6.77. The minimum Gasteiger partial charge on any atom is -0.478 e. The van der Waals surface area contributed by atoms with Crippen LogP contribution in [0.5, 0.6) is 0 Å². The number of hydrogen-bond acceptors (Lipinski definition) is 5. The molecule has 2 aromatic carbocycles. The number of carbonyl (C=O) groups excluding carboxylic acids is 1. The summed E-state index contributed by atoms with van der Waals surface area (Å²) in [5.41, 5.74) is -0.337. The van der Waals surface area contributed by atoms with Crippen LogP contribution in [0.25, 0.3) is 17.4 Å². The number of amides is 1. The topological polar surface area (TPSA) is 83.1 Å². The van der Waals surface area contributed by atoms with E-state index in [0.29, 0.717) is 22.3 Å². The Morgan fingerprint density at radius 2 is 1.97 bits per heavy atom. The van der Waals surface area contributed by atoms with Crippen LogP contribution in [0, 0.1) is 0 Å². The lowest BCUT2D eigenvalue weighted by Crippen LogP contribution is -2.28. The number of aliphatic imine (C=N–C) groups is 1. The number of carbonyl (C=O) groups is 2. The molecule has 11 heteroatoms. The average Bonchev–Trinajstić information content (AvgIpc) is 3.38. The molecule has 1 fully saturated rings. The summed E-state index contributed by atoms with van der Waals surface area (Å²) >= 11 is 6.76. The van der Waals surface area contributed by atoms with Crippen LogP contribution in [0.15, 0.2) is 68.9 Å². The molecule has 6 nitrogen and oxygen atoms in total. The van der Waals surface area contributed by atoms with Crippen molar-refractivity contribution in [1.82, 2.24) is 4.90 Å². The highest BCUT2D eigenvalue weighted by molar-refractivity contribution is 8.18. The van der Waals surface area contributed by atoms with Crippen molar-refractivity contribution in [2.24, 2.45) is 4.99 Å². The van der Waals surface area contributed by atoms with E-state index in [4.69, 9.17) is 21.1 Å². The van der Waals surface area contributed by atoms with Gasteiger partial charge in [0, 0.05) is 18.2 Å². The summed E-state index contributed by atoms with van der Waals surface area (Å²) in [5, 5.41) is 9.12. The van der Waals surface area contributed by atoms with Crippen molar-refractivity contribution in [2.45, 2.75) is 13.1 Å². The molecule has 0 unspecified atom stereocenters. The van der Waals surface area contributed by atoms with E-state index in [1.165, 1.54) is 35.2 Å². The zero-order valence-corrected chi connectivity index (χ0v) is 19.5. The summed E-state index contributed by atoms with van der Waals surface area (Å²) in [5.74, 6) is -0.966. The Bertz CT molecular complexity index is 1380. The van der Waals surface area contributed by atoms with Gasteiger partial charge in [-0.15, -0.1) is 0 Å². The predicted molar refractivity (Wildman–Crippen MR) is 128 cm³/mol. The highest BCUT2D eigenvalue weighted by Crippen LogP contribution is 2.38. The first-order valence-electron chi connectivity index (χ1n) is 10.2. The number of hydrogen-bond donors (Lipinski definition) is 1. The van der Waals surface area contributed by atoms with Crippen LogP contribution in [0.3, 0.4) is 0 Å². The molecular formula is C24H16ClF3N2O4S. The van der Waals surface area contributed by atoms with E-state index < -0.39 is 22.7 Å². The van der Waals surface area contributed by atoms with Gasteiger partial charge in [0.15, 0.2) is 5.17 Å². The molecular weight excluding hydrogens is 505 g/mol. The lowest BCUT2D eigenvalue weighted by molar-refractivity contribution is -0.137. The number of carboxylic acid groups (broad SMARTS) is 1. The fraction of sp³-hybridized carbons (Fsp3) is 0.125. The highest BCUT2D eigenvalue weighted by Gasteiger charge is 2.34. The Morgan fingerprint density at radius 3 is 2.66 bits per heavy atom. The molecule has 3 aromatic rings. The summed E-state index contributed by atoms with van der Waals surface area (Å²) in [6.45, 7) is 2.10. The second-order valence-corrected chi connectivity index (χ2v) is 8.72. The van der Waals surface area contributed by atoms with Gasteiger partial charge in [-0.1, -0.05) is 17.7 Å². The van der Waals surface area contributed by atoms with Gasteiger partial charge in [-0.25, -0.2) is 9.79 Å². The molecule has 1 amide bonds. The smallest absolute Gasteiger partial charge is 0.417 e. The van der Waals surface area contributed by atoms with Gasteiger partial charge in [-0.3, -0.25) is 9.69 Å². The summed E-state index contributed by atoms with van der Waals surface area (Å²) in [7, 11) is 0. The van der Waals surface area contributed by atoms with E-state index >= 15 is 0 Å². The highest BCUT2D eigenvalue weighted by atomic mass is 35.5. The van der Waals surface area contributed by atoms with Gasteiger partial charge in [0.25, 0.3) is 5.91 Å². The molecule has 2 heterocycles. The van der Waals surface area contributed by atoms with Crippen LogP contribution < -0.4 is 0 Å². The Hall–Kier alpha value is -3.50. The van der Waals surface area contributed by atoms with E-state index in [1.807, 2.05) is 0 Å². The van der Waals surface area contributed by atoms with Gasteiger partial charge in [0.1, 0.15) is 11.5 Å². The molecule has 1 aliphatic heterocycles. The van der Waals surface area contributed by atoms with Crippen molar-refractivity contribution in [1.29, 1.82) is 0 Å². The molecule has 0 saturated carbocycles. The molecule has 1 saturated heterocycles. The maximum Gasteiger partial charge on any atom is 0.417 e. The molecule has 0 radical (unpaired) electrons. The van der Waals surface area contributed by atoms with E-state index in [0.717, 1.165) is 23.9 Å². The first-order chi connectivity index (χ1) is 16.6.